The van der Waals surface area contributed by atoms with Crippen molar-refractivity contribution in [3.8, 4) is 5.75 Å². The molecular formula is C22H26N2O3. The van der Waals surface area contributed by atoms with Crippen LogP contribution in [-0.2, 0) is 22.6 Å². The molecule has 0 saturated carbocycles. The number of carbonyl (C=O) groups is 2. The number of hydrogen-bond acceptors (Lipinski definition) is 3. The number of nitrogens with zero attached hydrogens (tertiary/aromatic N) is 1. The van der Waals surface area contributed by atoms with Gasteiger partial charge in [-0.3, -0.25) is 9.59 Å². The van der Waals surface area contributed by atoms with Crippen molar-refractivity contribution in [2.24, 2.45) is 0 Å². The molecule has 142 valence electrons. The van der Waals surface area contributed by atoms with E-state index in [9.17, 15) is 9.59 Å². The van der Waals surface area contributed by atoms with E-state index in [1.54, 1.807) is 4.90 Å². The summed E-state index contributed by atoms with van der Waals surface area (Å²) in [5.74, 6) is 0.678. The summed E-state index contributed by atoms with van der Waals surface area (Å²) in [6.45, 7) is 5.39. The molecule has 1 unspecified atom stereocenters. The summed E-state index contributed by atoms with van der Waals surface area (Å²) in [5, 5.41) is 3.00. The molecule has 0 radical (unpaired) electrons. The zero-order valence-electron chi connectivity index (χ0n) is 15.9. The summed E-state index contributed by atoms with van der Waals surface area (Å²) in [7, 11) is 0. The van der Waals surface area contributed by atoms with Crippen LogP contribution in [0, 0.1) is 0 Å². The fourth-order valence-electron chi connectivity index (χ4n) is 3.48. The van der Waals surface area contributed by atoms with Gasteiger partial charge in [-0.2, -0.15) is 0 Å². The largest absolute Gasteiger partial charge is 0.494 e. The lowest BCUT2D eigenvalue weighted by Gasteiger charge is -2.36. The van der Waals surface area contributed by atoms with Crippen molar-refractivity contribution < 1.29 is 14.3 Å². The Labute approximate surface area is 160 Å². The smallest absolute Gasteiger partial charge is 0.247 e. The van der Waals surface area contributed by atoms with Crippen molar-refractivity contribution in [2.75, 3.05) is 13.2 Å². The molecule has 1 N–H and O–H groups in total. The maximum absolute atomic E-state index is 13.0. The quantitative estimate of drug-likeness (QED) is 0.854. The summed E-state index contributed by atoms with van der Waals surface area (Å²) >= 11 is 0. The van der Waals surface area contributed by atoms with Crippen LogP contribution in [0.3, 0.4) is 0 Å². The first kappa shape index (κ1) is 19.0. The van der Waals surface area contributed by atoms with Gasteiger partial charge in [0.1, 0.15) is 11.8 Å². The molecule has 0 saturated heterocycles. The van der Waals surface area contributed by atoms with Gasteiger partial charge in [-0.05, 0) is 42.2 Å². The maximum atomic E-state index is 13.0. The highest BCUT2D eigenvalue weighted by molar-refractivity contribution is 5.89. The van der Waals surface area contributed by atoms with Crippen LogP contribution in [0.1, 0.15) is 43.0 Å². The lowest BCUT2D eigenvalue weighted by atomic mass is 9.91. The fourth-order valence-corrected chi connectivity index (χ4v) is 3.48. The standard InChI is InChI=1S/C22H26N2O3/c1-3-20(25)24-14-13-17-7-5-6-8-19(17)21(24)22(26)23-15-16-9-11-18(12-10-16)27-4-2/h5-12,21H,3-4,13-15H2,1-2H3,(H,23,26). The van der Waals surface area contributed by atoms with Gasteiger partial charge in [-0.1, -0.05) is 43.3 Å². The van der Waals surface area contributed by atoms with Crippen LogP contribution in [-0.4, -0.2) is 29.9 Å². The SMILES string of the molecule is CCOc1ccc(CNC(=O)C2c3ccccc3CCN2C(=O)CC)cc1. The van der Waals surface area contributed by atoms with E-state index >= 15 is 0 Å². The number of fused-ring (bicyclic) bond motifs is 1. The third-order valence-electron chi connectivity index (χ3n) is 4.86. The summed E-state index contributed by atoms with van der Waals surface area (Å²) in [6, 6.07) is 15.0. The molecule has 1 atom stereocenters. The lowest BCUT2D eigenvalue weighted by molar-refractivity contribution is -0.141. The molecule has 3 rings (SSSR count). The Balaban J connectivity index is 1.75. The number of ether oxygens (including phenoxy) is 1. The molecule has 0 bridgehead atoms. The van der Waals surface area contributed by atoms with Gasteiger partial charge in [-0.25, -0.2) is 0 Å². The number of rotatable bonds is 6. The highest BCUT2D eigenvalue weighted by Crippen LogP contribution is 2.30. The normalized spacial score (nSPS) is 15.8. The molecule has 2 aromatic rings. The number of carbonyl (C=O) groups excluding carboxylic acids is 2. The summed E-state index contributed by atoms with van der Waals surface area (Å²) in [6.07, 6.45) is 1.18. The molecule has 0 aromatic heterocycles. The Kier molecular flexibility index (Phi) is 6.12. The number of nitrogens with one attached hydrogen (secondary N) is 1. The monoisotopic (exact) mass is 366 g/mol. The molecule has 0 spiro atoms. The van der Waals surface area contributed by atoms with Crippen LogP contribution in [0.25, 0.3) is 0 Å². The van der Waals surface area contributed by atoms with Gasteiger partial charge in [0, 0.05) is 19.5 Å². The van der Waals surface area contributed by atoms with Crippen molar-refractivity contribution in [1.82, 2.24) is 10.2 Å². The van der Waals surface area contributed by atoms with Crippen LogP contribution in [0.2, 0.25) is 0 Å². The third kappa shape index (κ3) is 4.30. The van der Waals surface area contributed by atoms with E-state index in [-0.39, 0.29) is 11.8 Å². The number of hydrogen-bond donors (Lipinski definition) is 1. The zero-order valence-corrected chi connectivity index (χ0v) is 15.9. The molecule has 1 heterocycles. The molecule has 2 aromatic carbocycles. The predicted molar refractivity (Wildman–Crippen MR) is 104 cm³/mol. The lowest BCUT2D eigenvalue weighted by Crippen LogP contribution is -2.46. The maximum Gasteiger partial charge on any atom is 0.247 e. The topological polar surface area (TPSA) is 58.6 Å². The Morgan fingerprint density at radius 1 is 1.11 bits per heavy atom. The Hall–Kier alpha value is -2.82. The van der Waals surface area contributed by atoms with Gasteiger partial charge >= 0.3 is 0 Å². The van der Waals surface area contributed by atoms with Crippen molar-refractivity contribution in [2.45, 2.75) is 39.3 Å². The second-order valence-electron chi connectivity index (χ2n) is 6.59. The van der Waals surface area contributed by atoms with Gasteiger partial charge in [0.05, 0.1) is 6.61 Å². The van der Waals surface area contributed by atoms with E-state index in [4.69, 9.17) is 4.74 Å². The second-order valence-corrected chi connectivity index (χ2v) is 6.59. The Morgan fingerprint density at radius 3 is 2.56 bits per heavy atom. The van der Waals surface area contributed by atoms with Crippen LogP contribution in [0.4, 0.5) is 0 Å². The summed E-state index contributed by atoms with van der Waals surface area (Å²) in [4.78, 5) is 27.1. The predicted octanol–water partition coefficient (Wildman–Crippen LogP) is 3.24. The second kappa shape index (κ2) is 8.71. The highest BCUT2D eigenvalue weighted by atomic mass is 16.5. The van der Waals surface area contributed by atoms with Crippen molar-refractivity contribution in [3.63, 3.8) is 0 Å². The van der Waals surface area contributed by atoms with E-state index in [0.29, 0.717) is 26.1 Å². The van der Waals surface area contributed by atoms with Crippen LogP contribution < -0.4 is 10.1 Å². The summed E-state index contributed by atoms with van der Waals surface area (Å²) in [5.41, 5.74) is 3.05. The first-order valence-electron chi connectivity index (χ1n) is 9.50. The molecule has 1 aliphatic heterocycles. The minimum atomic E-state index is -0.565. The van der Waals surface area contributed by atoms with Crippen molar-refractivity contribution in [1.29, 1.82) is 0 Å². The van der Waals surface area contributed by atoms with Crippen LogP contribution in [0.15, 0.2) is 48.5 Å². The Bertz CT molecular complexity index is 801. The fraction of sp³-hybridized carbons (Fsp3) is 0.364. The number of benzene rings is 2. The minimum Gasteiger partial charge on any atom is -0.494 e. The van der Waals surface area contributed by atoms with Crippen LogP contribution in [0.5, 0.6) is 5.75 Å². The molecular weight excluding hydrogens is 340 g/mol. The molecule has 5 nitrogen and oxygen atoms in total. The van der Waals surface area contributed by atoms with E-state index in [2.05, 4.69) is 5.32 Å². The first-order valence-corrected chi connectivity index (χ1v) is 9.50. The van der Waals surface area contributed by atoms with Gasteiger partial charge < -0.3 is 15.0 Å². The van der Waals surface area contributed by atoms with Gasteiger partial charge in [0.2, 0.25) is 11.8 Å². The van der Waals surface area contributed by atoms with Crippen molar-refractivity contribution in [3.05, 3.63) is 65.2 Å². The zero-order chi connectivity index (χ0) is 19.2. The van der Waals surface area contributed by atoms with Crippen LogP contribution >= 0.6 is 0 Å². The molecule has 5 heteroatoms. The molecule has 2 amide bonds. The van der Waals surface area contributed by atoms with Gasteiger partial charge in [-0.15, -0.1) is 0 Å². The molecule has 0 aliphatic carbocycles. The van der Waals surface area contributed by atoms with E-state index in [0.717, 1.165) is 28.9 Å². The minimum absolute atomic E-state index is 0.00530. The molecule has 0 fully saturated rings. The van der Waals surface area contributed by atoms with E-state index < -0.39 is 6.04 Å². The van der Waals surface area contributed by atoms with E-state index in [1.165, 1.54) is 0 Å². The first-order chi connectivity index (χ1) is 13.1. The average molecular weight is 366 g/mol. The number of amides is 2. The van der Waals surface area contributed by atoms with Crippen molar-refractivity contribution >= 4 is 11.8 Å². The molecule has 1 aliphatic rings. The highest BCUT2D eigenvalue weighted by Gasteiger charge is 2.34. The average Bonchev–Trinajstić information content (AvgIpc) is 2.71. The Morgan fingerprint density at radius 2 is 1.85 bits per heavy atom. The summed E-state index contributed by atoms with van der Waals surface area (Å²) < 4.78 is 5.44. The van der Waals surface area contributed by atoms with Gasteiger partial charge in [0.15, 0.2) is 0 Å². The van der Waals surface area contributed by atoms with Gasteiger partial charge in [0.25, 0.3) is 0 Å². The van der Waals surface area contributed by atoms with E-state index in [1.807, 2.05) is 62.4 Å². The molecule has 27 heavy (non-hydrogen) atoms. The third-order valence-corrected chi connectivity index (χ3v) is 4.86.